The molecule has 3 rings (SSSR count). The summed E-state index contributed by atoms with van der Waals surface area (Å²) in [6.07, 6.45) is 2.30. The van der Waals surface area contributed by atoms with Gasteiger partial charge in [0.15, 0.2) is 5.82 Å². The van der Waals surface area contributed by atoms with Crippen molar-refractivity contribution in [3.63, 3.8) is 0 Å². The summed E-state index contributed by atoms with van der Waals surface area (Å²) in [4.78, 5) is 18.7. The molecule has 9 heteroatoms. The molecule has 1 aliphatic rings. The number of hydrogen-bond donors (Lipinski definition) is 0. The zero-order chi connectivity index (χ0) is 21.0. The van der Waals surface area contributed by atoms with Gasteiger partial charge in [0.1, 0.15) is 0 Å². The van der Waals surface area contributed by atoms with Crippen molar-refractivity contribution in [3.8, 4) is 0 Å². The fraction of sp³-hybridized carbons (Fsp3) is 0.550. The highest BCUT2D eigenvalue weighted by Gasteiger charge is 2.30. The monoisotopic (exact) mass is 420 g/mol. The van der Waals surface area contributed by atoms with Crippen molar-refractivity contribution >= 4 is 15.9 Å². The number of nitrogens with zero attached hydrogens (tertiary/aromatic N) is 4. The molecule has 1 aromatic heterocycles. The van der Waals surface area contributed by atoms with Gasteiger partial charge in [0.2, 0.25) is 21.8 Å². The third kappa shape index (κ3) is 5.02. The summed E-state index contributed by atoms with van der Waals surface area (Å²) in [7, 11) is -3.54. The molecule has 1 saturated heterocycles. The molecule has 0 radical (unpaired) electrons. The molecule has 0 N–H and O–H groups in total. The maximum Gasteiger partial charge on any atom is 0.243 e. The summed E-state index contributed by atoms with van der Waals surface area (Å²) in [6.45, 7) is 7.25. The molecule has 2 heterocycles. The Bertz CT molecular complexity index is 963. The average molecular weight is 421 g/mol. The van der Waals surface area contributed by atoms with E-state index >= 15 is 0 Å². The number of piperazine rings is 1. The fourth-order valence-corrected chi connectivity index (χ4v) is 4.79. The van der Waals surface area contributed by atoms with E-state index in [9.17, 15) is 13.2 Å². The minimum atomic E-state index is -3.54. The first-order valence-electron chi connectivity index (χ1n) is 9.98. The van der Waals surface area contributed by atoms with E-state index in [-0.39, 0.29) is 5.91 Å². The Morgan fingerprint density at radius 1 is 1.14 bits per heavy atom. The molecule has 29 heavy (non-hydrogen) atoms. The molecule has 0 atom stereocenters. The fourth-order valence-electron chi connectivity index (χ4n) is 3.29. The van der Waals surface area contributed by atoms with Crippen LogP contribution in [0.15, 0.2) is 27.6 Å². The van der Waals surface area contributed by atoms with Crippen LogP contribution in [0.25, 0.3) is 0 Å². The summed E-state index contributed by atoms with van der Waals surface area (Å²) < 4.78 is 32.4. The van der Waals surface area contributed by atoms with Crippen LogP contribution < -0.4 is 0 Å². The third-order valence-corrected chi connectivity index (χ3v) is 7.21. The average Bonchev–Trinajstić information content (AvgIpc) is 3.18. The van der Waals surface area contributed by atoms with Crippen LogP contribution in [0.5, 0.6) is 0 Å². The summed E-state index contributed by atoms with van der Waals surface area (Å²) in [5, 5.41) is 3.84. The van der Waals surface area contributed by atoms with Gasteiger partial charge in [-0.05, 0) is 43.5 Å². The van der Waals surface area contributed by atoms with Gasteiger partial charge in [-0.2, -0.15) is 9.29 Å². The highest BCUT2D eigenvalue weighted by atomic mass is 32.2. The van der Waals surface area contributed by atoms with Gasteiger partial charge in [-0.15, -0.1) is 0 Å². The van der Waals surface area contributed by atoms with Crippen molar-refractivity contribution < 1.29 is 17.7 Å². The van der Waals surface area contributed by atoms with Crippen molar-refractivity contribution in [2.45, 2.75) is 51.3 Å². The lowest BCUT2D eigenvalue weighted by Gasteiger charge is -2.34. The van der Waals surface area contributed by atoms with E-state index in [1.807, 2.05) is 26.8 Å². The van der Waals surface area contributed by atoms with Gasteiger partial charge in [0.05, 0.1) is 4.90 Å². The molecule has 0 saturated carbocycles. The number of hydrogen-bond acceptors (Lipinski definition) is 6. The number of benzene rings is 1. The van der Waals surface area contributed by atoms with E-state index in [0.717, 1.165) is 17.5 Å². The quantitative estimate of drug-likeness (QED) is 0.681. The van der Waals surface area contributed by atoms with Crippen molar-refractivity contribution in [1.29, 1.82) is 0 Å². The first-order chi connectivity index (χ1) is 13.8. The van der Waals surface area contributed by atoms with Gasteiger partial charge in [0.25, 0.3) is 0 Å². The number of rotatable bonds is 7. The van der Waals surface area contributed by atoms with Gasteiger partial charge in [0, 0.05) is 45.4 Å². The van der Waals surface area contributed by atoms with Crippen LogP contribution in [0, 0.1) is 13.8 Å². The molecule has 1 aromatic carbocycles. The van der Waals surface area contributed by atoms with Gasteiger partial charge in [-0.25, -0.2) is 8.42 Å². The first-order valence-corrected chi connectivity index (χ1v) is 11.4. The Morgan fingerprint density at radius 2 is 1.86 bits per heavy atom. The van der Waals surface area contributed by atoms with Crippen molar-refractivity contribution in [3.05, 3.63) is 41.0 Å². The van der Waals surface area contributed by atoms with Crippen LogP contribution in [0.1, 0.15) is 42.6 Å². The number of carbonyl (C=O) groups is 1. The smallest absolute Gasteiger partial charge is 0.243 e. The second kappa shape index (κ2) is 9.04. The molecule has 158 valence electrons. The van der Waals surface area contributed by atoms with Gasteiger partial charge >= 0.3 is 0 Å². The highest BCUT2D eigenvalue weighted by Crippen LogP contribution is 2.21. The minimum Gasteiger partial charge on any atom is -0.340 e. The number of carbonyl (C=O) groups excluding carboxylic acids is 1. The maximum atomic E-state index is 12.9. The van der Waals surface area contributed by atoms with Crippen molar-refractivity contribution in [2.24, 2.45) is 0 Å². The zero-order valence-electron chi connectivity index (χ0n) is 17.2. The molecule has 1 aliphatic heterocycles. The summed E-state index contributed by atoms with van der Waals surface area (Å²) in [6, 6.07) is 5.19. The first kappa shape index (κ1) is 21.4. The Labute approximate surface area is 171 Å². The SMILES string of the molecule is CCc1noc(CCCC(=O)N2CCN(S(=O)(=O)c3ccc(C)c(C)c3)CC2)n1. The predicted octanol–water partition coefficient (Wildman–Crippen LogP) is 2.10. The van der Waals surface area contributed by atoms with Gasteiger partial charge < -0.3 is 9.42 Å². The zero-order valence-corrected chi connectivity index (χ0v) is 18.0. The second-order valence-corrected chi connectivity index (χ2v) is 9.28. The molecular formula is C20H28N4O4S. The lowest BCUT2D eigenvalue weighted by atomic mass is 10.1. The van der Waals surface area contributed by atoms with Crippen LogP contribution >= 0.6 is 0 Å². The lowest BCUT2D eigenvalue weighted by molar-refractivity contribution is -0.132. The number of sulfonamides is 1. The normalized spacial score (nSPS) is 15.6. The number of aryl methyl sites for hydroxylation is 4. The maximum absolute atomic E-state index is 12.9. The highest BCUT2D eigenvalue weighted by molar-refractivity contribution is 7.89. The van der Waals surface area contributed by atoms with Crippen molar-refractivity contribution in [1.82, 2.24) is 19.3 Å². The Kier molecular flexibility index (Phi) is 6.69. The lowest BCUT2D eigenvalue weighted by Crippen LogP contribution is -2.50. The predicted molar refractivity (Wildman–Crippen MR) is 108 cm³/mol. The Hall–Kier alpha value is -2.26. The second-order valence-electron chi connectivity index (χ2n) is 7.34. The Morgan fingerprint density at radius 3 is 2.48 bits per heavy atom. The van der Waals surface area contributed by atoms with E-state index in [0.29, 0.717) is 62.1 Å². The van der Waals surface area contributed by atoms with E-state index in [1.54, 1.807) is 17.0 Å². The summed E-state index contributed by atoms with van der Waals surface area (Å²) in [5.41, 5.74) is 2.01. The van der Waals surface area contributed by atoms with E-state index < -0.39 is 10.0 Å². The molecule has 0 aliphatic carbocycles. The summed E-state index contributed by atoms with van der Waals surface area (Å²) in [5.74, 6) is 1.26. The number of aromatic nitrogens is 2. The molecule has 0 spiro atoms. The van der Waals surface area contributed by atoms with Crippen LogP contribution in [-0.4, -0.2) is 59.8 Å². The summed E-state index contributed by atoms with van der Waals surface area (Å²) >= 11 is 0. The molecular weight excluding hydrogens is 392 g/mol. The largest absolute Gasteiger partial charge is 0.340 e. The van der Waals surface area contributed by atoms with Crippen LogP contribution in [0.4, 0.5) is 0 Å². The molecule has 0 unspecified atom stereocenters. The van der Waals surface area contributed by atoms with Crippen LogP contribution in [0.3, 0.4) is 0 Å². The third-order valence-electron chi connectivity index (χ3n) is 5.32. The van der Waals surface area contributed by atoms with Crippen LogP contribution in [-0.2, 0) is 27.7 Å². The topological polar surface area (TPSA) is 96.6 Å². The van der Waals surface area contributed by atoms with E-state index in [2.05, 4.69) is 10.1 Å². The molecule has 1 fully saturated rings. The van der Waals surface area contributed by atoms with Gasteiger partial charge in [-0.1, -0.05) is 18.1 Å². The van der Waals surface area contributed by atoms with E-state index in [1.165, 1.54) is 4.31 Å². The van der Waals surface area contributed by atoms with Gasteiger partial charge in [-0.3, -0.25) is 4.79 Å². The minimum absolute atomic E-state index is 0.0310. The van der Waals surface area contributed by atoms with Crippen molar-refractivity contribution in [2.75, 3.05) is 26.2 Å². The molecule has 2 aromatic rings. The Balaban J connectivity index is 1.50. The standard InChI is InChI=1S/C20H28N4O4S/c1-4-18-21-19(28-22-18)6-5-7-20(25)23-10-12-24(13-11-23)29(26,27)17-9-8-15(2)16(3)14-17/h8-9,14H,4-7,10-13H2,1-3H3. The number of amides is 1. The van der Waals surface area contributed by atoms with Crippen LogP contribution in [0.2, 0.25) is 0 Å². The van der Waals surface area contributed by atoms with E-state index in [4.69, 9.17) is 4.52 Å². The molecule has 8 nitrogen and oxygen atoms in total. The molecule has 1 amide bonds. The molecule has 0 bridgehead atoms.